The van der Waals surface area contributed by atoms with Gasteiger partial charge in [-0.1, -0.05) is 13.8 Å². The minimum Gasteiger partial charge on any atom is -0.392 e. The molecular weight excluding hydrogens is 286 g/mol. The van der Waals surface area contributed by atoms with Gasteiger partial charge < -0.3 is 9.84 Å². The second kappa shape index (κ2) is 7.96. The molecule has 2 N–H and O–H groups in total. The number of nitrogens with one attached hydrogen (secondary N) is 1. The summed E-state index contributed by atoms with van der Waals surface area (Å²) in [6.07, 6.45) is 0.643. The molecule has 0 aliphatic rings. The molecule has 0 atom stereocenters. The fraction of sp³-hybridized carbons (Fsp3) is 0.667. The highest BCUT2D eigenvalue weighted by Crippen LogP contribution is 2.19. The first-order valence-electron chi connectivity index (χ1n) is 6.21. The van der Waals surface area contributed by atoms with Crippen LogP contribution < -0.4 is 4.72 Å². The summed E-state index contributed by atoms with van der Waals surface area (Å²) in [5, 5.41) is 10.5. The van der Waals surface area contributed by atoms with Gasteiger partial charge in [-0.05, 0) is 29.3 Å². The third kappa shape index (κ3) is 6.01. The molecule has 1 rings (SSSR count). The van der Waals surface area contributed by atoms with Gasteiger partial charge in [-0.15, -0.1) is 11.3 Å². The number of ether oxygens (including phenoxy) is 1. The Kier molecular flexibility index (Phi) is 6.95. The molecule has 110 valence electrons. The molecule has 1 aromatic rings. The van der Waals surface area contributed by atoms with E-state index >= 15 is 0 Å². The molecule has 0 spiro atoms. The molecule has 19 heavy (non-hydrogen) atoms. The highest BCUT2D eigenvalue weighted by molar-refractivity contribution is 7.91. The number of hydrogen-bond donors (Lipinski definition) is 2. The predicted molar refractivity (Wildman–Crippen MR) is 75.7 cm³/mol. The van der Waals surface area contributed by atoms with E-state index in [1.54, 1.807) is 5.38 Å². The molecule has 0 aliphatic heterocycles. The molecule has 1 heterocycles. The fourth-order valence-corrected chi connectivity index (χ4v) is 3.67. The molecule has 7 heteroatoms. The summed E-state index contributed by atoms with van der Waals surface area (Å²) in [6, 6.07) is 1.49. The van der Waals surface area contributed by atoms with Gasteiger partial charge in [-0.3, -0.25) is 0 Å². The molecular formula is C12H21NO4S2. The zero-order valence-corrected chi connectivity index (χ0v) is 12.9. The Bertz CT molecular complexity index is 468. The molecule has 0 bridgehead atoms. The number of thiophene rings is 1. The number of aliphatic hydroxyl groups is 1. The molecule has 5 nitrogen and oxygen atoms in total. The average Bonchev–Trinajstić information content (AvgIpc) is 2.82. The van der Waals surface area contributed by atoms with Crippen LogP contribution in [0.3, 0.4) is 0 Å². The lowest BCUT2D eigenvalue weighted by molar-refractivity contribution is 0.108. The van der Waals surface area contributed by atoms with Crippen LogP contribution in [0.5, 0.6) is 0 Å². The number of rotatable bonds is 9. The molecule has 0 saturated carbocycles. The molecule has 0 radical (unpaired) electrons. The van der Waals surface area contributed by atoms with E-state index in [4.69, 9.17) is 9.84 Å². The number of sulfonamides is 1. The quantitative estimate of drug-likeness (QED) is 0.679. The van der Waals surface area contributed by atoms with Gasteiger partial charge in [-0.25, -0.2) is 13.1 Å². The van der Waals surface area contributed by atoms with Crippen LogP contribution in [0.2, 0.25) is 0 Å². The maximum absolute atomic E-state index is 11.9. The monoisotopic (exact) mass is 307 g/mol. The van der Waals surface area contributed by atoms with Gasteiger partial charge in [-0.2, -0.15) is 0 Å². The summed E-state index contributed by atoms with van der Waals surface area (Å²) in [7, 11) is -3.45. The first-order valence-corrected chi connectivity index (χ1v) is 8.57. The molecule has 0 unspecified atom stereocenters. The topological polar surface area (TPSA) is 75.6 Å². The van der Waals surface area contributed by atoms with Gasteiger partial charge in [0, 0.05) is 19.8 Å². The van der Waals surface area contributed by atoms with Gasteiger partial charge >= 0.3 is 0 Å². The Labute approximate surface area is 118 Å². The Morgan fingerprint density at radius 1 is 1.47 bits per heavy atom. The summed E-state index contributed by atoms with van der Waals surface area (Å²) in [6.45, 7) is 5.59. The van der Waals surface area contributed by atoms with Crippen LogP contribution in [0.4, 0.5) is 0 Å². The van der Waals surface area contributed by atoms with Crippen molar-refractivity contribution in [2.45, 2.75) is 31.1 Å². The lowest BCUT2D eigenvalue weighted by Gasteiger charge is -2.07. The molecule has 0 fully saturated rings. The van der Waals surface area contributed by atoms with E-state index < -0.39 is 10.0 Å². The Hall–Kier alpha value is -0.470. The van der Waals surface area contributed by atoms with Crippen molar-refractivity contribution in [3.8, 4) is 0 Å². The standard InChI is InChI=1S/C12H21NO4S2/c1-10(2)8-17-5-3-4-13-19(15,16)12-6-11(7-14)9-18-12/h6,9-10,13-14H,3-5,7-8H2,1-2H3. The molecule has 1 aromatic heterocycles. The minimum absolute atomic E-state index is 0.144. The second-order valence-electron chi connectivity index (χ2n) is 4.65. The van der Waals surface area contributed by atoms with Crippen molar-refractivity contribution in [2.24, 2.45) is 5.92 Å². The smallest absolute Gasteiger partial charge is 0.250 e. The van der Waals surface area contributed by atoms with Gasteiger partial charge in [0.25, 0.3) is 0 Å². The van der Waals surface area contributed by atoms with Crippen molar-refractivity contribution < 1.29 is 18.3 Å². The van der Waals surface area contributed by atoms with Crippen LogP contribution in [0, 0.1) is 5.92 Å². The normalized spacial score (nSPS) is 12.2. The molecule has 0 aromatic carbocycles. The highest BCUT2D eigenvalue weighted by atomic mass is 32.2. The van der Waals surface area contributed by atoms with Crippen LogP contribution >= 0.6 is 11.3 Å². The van der Waals surface area contributed by atoms with Crippen LogP contribution in [0.15, 0.2) is 15.7 Å². The van der Waals surface area contributed by atoms with Crippen molar-refractivity contribution in [3.63, 3.8) is 0 Å². The van der Waals surface area contributed by atoms with Gasteiger partial charge in [0.05, 0.1) is 6.61 Å². The van der Waals surface area contributed by atoms with Gasteiger partial charge in [0.2, 0.25) is 10.0 Å². The summed E-state index contributed by atoms with van der Waals surface area (Å²) >= 11 is 1.11. The minimum atomic E-state index is -3.45. The molecule has 0 aliphatic carbocycles. The predicted octanol–water partition coefficient (Wildman–Crippen LogP) is 1.58. The lowest BCUT2D eigenvalue weighted by Crippen LogP contribution is -2.25. The van der Waals surface area contributed by atoms with Gasteiger partial charge in [0.15, 0.2) is 0 Å². The summed E-state index contributed by atoms with van der Waals surface area (Å²) in [4.78, 5) is 0. The van der Waals surface area contributed by atoms with E-state index in [0.717, 1.165) is 11.3 Å². The summed E-state index contributed by atoms with van der Waals surface area (Å²) < 4.78 is 31.9. The zero-order chi connectivity index (χ0) is 14.3. The SMILES string of the molecule is CC(C)COCCCNS(=O)(=O)c1cc(CO)cs1. The van der Waals surface area contributed by atoms with E-state index in [2.05, 4.69) is 18.6 Å². The van der Waals surface area contributed by atoms with Crippen molar-refractivity contribution in [1.82, 2.24) is 4.72 Å². The van der Waals surface area contributed by atoms with Crippen LogP contribution in [-0.2, 0) is 21.4 Å². The van der Waals surface area contributed by atoms with E-state index in [1.165, 1.54) is 6.07 Å². The van der Waals surface area contributed by atoms with E-state index in [-0.39, 0.29) is 10.8 Å². The fourth-order valence-electron chi connectivity index (χ4n) is 1.35. The maximum atomic E-state index is 11.9. The van der Waals surface area contributed by atoms with Crippen LogP contribution in [0.1, 0.15) is 25.8 Å². The molecule has 0 saturated heterocycles. The first kappa shape index (κ1) is 16.6. The Morgan fingerprint density at radius 3 is 2.79 bits per heavy atom. The summed E-state index contributed by atoms with van der Waals surface area (Å²) in [5.74, 6) is 0.486. The van der Waals surface area contributed by atoms with Crippen LogP contribution in [-0.4, -0.2) is 33.3 Å². The maximum Gasteiger partial charge on any atom is 0.250 e. The first-order chi connectivity index (χ1) is 8.95. The Balaban J connectivity index is 2.31. The summed E-state index contributed by atoms with van der Waals surface area (Å²) in [5.41, 5.74) is 0.616. The lowest BCUT2D eigenvalue weighted by atomic mass is 10.2. The van der Waals surface area contributed by atoms with Gasteiger partial charge in [0.1, 0.15) is 4.21 Å². The Morgan fingerprint density at radius 2 is 2.21 bits per heavy atom. The van der Waals surface area contributed by atoms with Crippen molar-refractivity contribution in [2.75, 3.05) is 19.8 Å². The van der Waals surface area contributed by atoms with Crippen molar-refractivity contribution in [1.29, 1.82) is 0 Å². The van der Waals surface area contributed by atoms with Crippen molar-refractivity contribution >= 4 is 21.4 Å². The van der Waals surface area contributed by atoms with E-state index in [0.29, 0.717) is 37.7 Å². The molecule has 0 amide bonds. The van der Waals surface area contributed by atoms with E-state index in [1.807, 2.05) is 0 Å². The average molecular weight is 307 g/mol. The number of aliphatic hydroxyl groups excluding tert-OH is 1. The largest absolute Gasteiger partial charge is 0.392 e. The second-order valence-corrected chi connectivity index (χ2v) is 7.56. The van der Waals surface area contributed by atoms with E-state index in [9.17, 15) is 8.42 Å². The third-order valence-electron chi connectivity index (χ3n) is 2.29. The zero-order valence-electron chi connectivity index (χ0n) is 11.3. The highest BCUT2D eigenvalue weighted by Gasteiger charge is 2.15. The van der Waals surface area contributed by atoms with Crippen molar-refractivity contribution in [3.05, 3.63) is 17.0 Å². The number of hydrogen-bond acceptors (Lipinski definition) is 5. The third-order valence-corrected chi connectivity index (χ3v) is 5.24. The van der Waals surface area contributed by atoms with Crippen LogP contribution in [0.25, 0.3) is 0 Å².